The zero-order valence-corrected chi connectivity index (χ0v) is 15.4. The summed E-state index contributed by atoms with van der Waals surface area (Å²) in [5.41, 5.74) is 4.09. The Morgan fingerprint density at radius 1 is 1.00 bits per heavy atom. The average Bonchev–Trinajstić information content (AvgIpc) is 2.91. The van der Waals surface area contributed by atoms with Crippen molar-refractivity contribution in [1.82, 2.24) is 14.8 Å². The predicted octanol–water partition coefficient (Wildman–Crippen LogP) is 2.62. The highest BCUT2D eigenvalue weighted by Gasteiger charge is 2.23. The molecule has 136 valence electrons. The van der Waals surface area contributed by atoms with Crippen molar-refractivity contribution in [3.8, 4) is 0 Å². The van der Waals surface area contributed by atoms with Crippen molar-refractivity contribution in [2.24, 2.45) is 0 Å². The molecule has 5 nitrogen and oxygen atoms in total. The molecule has 1 aromatic carbocycles. The van der Waals surface area contributed by atoms with E-state index in [1.54, 1.807) is 24.5 Å². The molecule has 1 fully saturated rings. The Hall–Kier alpha value is -2.69. The summed E-state index contributed by atoms with van der Waals surface area (Å²) in [5, 5.41) is 0. The quantitative estimate of drug-likeness (QED) is 0.854. The number of amides is 2. The van der Waals surface area contributed by atoms with E-state index in [-0.39, 0.29) is 11.8 Å². The summed E-state index contributed by atoms with van der Waals surface area (Å²) >= 11 is 0. The molecule has 26 heavy (non-hydrogen) atoms. The summed E-state index contributed by atoms with van der Waals surface area (Å²) < 4.78 is 0. The van der Waals surface area contributed by atoms with Gasteiger partial charge in [0.25, 0.3) is 5.91 Å². The first-order chi connectivity index (χ1) is 12.5. The first kappa shape index (κ1) is 18.1. The third kappa shape index (κ3) is 4.28. The first-order valence-corrected chi connectivity index (χ1v) is 9.08. The molecule has 0 N–H and O–H groups in total. The number of pyridine rings is 1. The zero-order chi connectivity index (χ0) is 18.5. The van der Waals surface area contributed by atoms with E-state index in [0.29, 0.717) is 38.2 Å². The second kappa shape index (κ2) is 8.13. The van der Waals surface area contributed by atoms with Crippen LogP contribution in [-0.2, 0) is 11.2 Å². The van der Waals surface area contributed by atoms with Crippen molar-refractivity contribution in [2.75, 3.05) is 26.2 Å². The van der Waals surface area contributed by atoms with Gasteiger partial charge in [0.2, 0.25) is 5.91 Å². The minimum atomic E-state index is -0.0124. The maximum Gasteiger partial charge on any atom is 0.255 e. The van der Waals surface area contributed by atoms with Gasteiger partial charge in [0.1, 0.15) is 0 Å². The van der Waals surface area contributed by atoms with Crippen LogP contribution in [0.25, 0.3) is 0 Å². The molecule has 0 radical (unpaired) electrons. The topological polar surface area (TPSA) is 53.5 Å². The minimum Gasteiger partial charge on any atom is -0.341 e. The van der Waals surface area contributed by atoms with Crippen LogP contribution in [0.3, 0.4) is 0 Å². The molecular weight excluding hydrogens is 326 g/mol. The molecule has 0 spiro atoms. The van der Waals surface area contributed by atoms with Crippen LogP contribution in [0, 0.1) is 13.8 Å². The summed E-state index contributed by atoms with van der Waals surface area (Å²) in [4.78, 5) is 33.0. The van der Waals surface area contributed by atoms with Crippen molar-refractivity contribution in [2.45, 2.75) is 26.7 Å². The van der Waals surface area contributed by atoms with Gasteiger partial charge in [-0.05, 0) is 49.1 Å². The fourth-order valence-electron chi connectivity index (χ4n) is 3.24. The first-order valence-electron chi connectivity index (χ1n) is 9.08. The Morgan fingerprint density at radius 3 is 2.50 bits per heavy atom. The van der Waals surface area contributed by atoms with Crippen molar-refractivity contribution >= 4 is 11.8 Å². The van der Waals surface area contributed by atoms with Crippen LogP contribution in [0.15, 0.2) is 42.7 Å². The number of nitrogens with zero attached hydrogens (tertiary/aromatic N) is 3. The van der Waals surface area contributed by atoms with E-state index in [0.717, 1.165) is 12.0 Å². The van der Waals surface area contributed by atoms with Crippen LogP contribution in [0.5, 0.6) is 0 Å². The lowest BCUT2D eigenvalue weighted by atomic mass is 10.0. The monoisotopic (exact) mass is 351 g/mol. The van der Waals surface area contributed by atoms with Gasteiger partial charge in [0.05, 0.1) is 12.0 Å². The standard InChI is InChI=1S/C21H25N3O2/c1-16-6-7-18(13-17(16)2)14-20(25)23-9-4-10-24(12-11-23)21(26)19-5-3-8-22-15-19/h3,5-8,13,15H,4,9-12,14H2,1-2H3. The third-order valence-corrected chi connectivity index (χ3v) is 4.97. The number of benzene rings is 1. The molecule has 3 rings (SSSR count). The molecule has 1 aliphatic heterocycles. The number of carbonyl (C=O) groups excluding carboxylic acids is 2. The van der Waals surface area contributed by atoms with Gasteiger partial charge in [0, 0.05) is 38.6 Å². The Labute approximate surface area is 154 Å². The fourth-order valence-corrected chi connectivity index (χ4v) is 3.24. The molecule has 2 aromatic rings. The second-order valence-corrected chi connectivity index (χ2v) is 6.86. The van der Waals surface area contributed by atoms with Crippen LogP contribution in [0.1, 0.15) is 33.5 Å². The van der Waals surface area contributed by atoms with Crippen LogP contribution < -0.4 is 0 Å². The van der Waals surface area contributed by atoms with E-state index in [1.165, 1.54) is 11.1 Å². The predicted molar refractivity (Wildman–Crippen MR) is 101 cm³/mol. The SMILES string of the molecule is Cc1ccc(CC(=O)N2CCCN(C(=O)c3cccnc3)CC2)cc1C. The van der Waals surface area contributed by atoms with Crippen LogP contribution in [0.4, 0.5) is 0 Å². The highest BCUT2D eigenvalue weighted by atomic mass is 16.2. The second-order valence-electron chi connectivity index (χ2n) is 6.86. The summed E-state index contributed by atoms with van der Waals surface area (Å²) in [7, 11) is 0. The number of carbonyl (C=O) groups is 2. The molecule has 1 aromatic heterocycles. The lowest BCUT2D eigenvalue weighted by molar-refractivity contribution is -0.130. The maximum absolute atomic E-state index is 12.7. The van der Waals surface area contributed by atoms with Gasteiger partial charge >= 0.3 is 0 Å². The van der Waals surface area contributed by atoms with E-state index in [2.05, 4.69) is 31.0 Å². The van der Waals surface area contributed by atoms with E-state index < -0.39 is 0 Å². The molecule has 2 amide bonds. The van der Waals surface area contributed by atoms with Gasteiger partial charge < -0.3 is 9.80 Å². The van der Waals surface area contributed by atoms with Gasteiger partial charge in [-0.3, -0.25) is 14.6 Å². The van der Waals surface area contributed by atoms with E-state index in [9.17, 15) is 9.59 Å². The van der Waals surface area contributed by atoms with E-state index >= 15 is 0 Å². The minimum absolute atomic E-state index is 0.0124. The van der Waals surface area contributed by atoms with Crippen LogP contribution >= 0.6 is 0 Å². The number of hydrogen-bond donors (Lipinski definition) is 0. The highest BCUT2D eigenvalue weighted by molar-refractivity contribution is 5.94. The van der Waals surface area contributed by atoms with E-state index in [1.807, 2.05) is 15.9 Å². The lowest BCUT2D eigenvalue weighted by Gasteiger charge is -2.22. The molecule has 1 saturated heterocycles. The molecular formula is C21H25N3O2. The van der Waals surface area contributed by atoms with Gasteiger partial charge in [-0.15, -0.1) is 0 Å². The summed E-state index contributed by atoms with van der Waals surface area (Å²) in [6.45, 7) is 6.64. The normalized spacial score (nSPS) is 14.8. The number of hydrogen-bond acceptors (Lipinski definition) is 3. The van der Waals surface area contributed by atoms with Crippen LogP contribution in [-0.4, -0.2) is 52.8 Å². The highest BCUT2D eigenvalue weighted by Crippen LogP contribution is 2.13. The molecule has 1 aliphatic rings. The van der Waals surface area contributed by atoms with Gasteiger partial charge in [-0.25, -0.2) is 0 Å². The van der Waals surface area contributed by atoms with Crippen molar-refractivity contribution in [3.63, 3.8) is 0 Å². The van der Waals surface area contributed by atoms with Gasteiger partial charge in [-0.2, -0.15) is 0 Å². The number of aromatic nitrogens is 1. The Balaban J connectivity index is 1.60. The molecule has 0 aliphatic carbocycles. The zero-order valence-electron chi connectivity index (χ0n) is 15.4. The smallest absolute Gasteiger partial charge is 0.255 e. The summed E-state index contributed by atoms with van der Waals surface area (Å²) in [6.07, 6.45) is 4.46. The van der Waals surface area contributed by atoms with Crippen LogP contribution in [0.2, 0.25) is 0 Å². The largest absolute Gasteiger partial charge is 0.341 e. The van der Waals surface area contributed by atoms with Gasteiger partial charge in [0.15, 0.2) is 0 Å². The molecule has 2 heterocycles. The fraction of sp³-hybridized carbons (Fsp3) is 0.381. The maximum atomic E-state index is 12.7. The molecule has 0 unspecified atom stereocenters. The summed E-state index contributed by atoms with van der Waals surface area (Å²) in [6, 6.07) is 9.72. The van der Waals surface area contributed by atoms with Crippen molar-refractivity contribution < 1.29 is 9.59 Å². The van der Waals surface area contributed by atoms with Crippen molar-refractivity contribution in [3.05, 3.63) is 65.0 Å². The van der Waals surface area contributed by atoms with Gasteiger partial charge in [-0.1, -0.05) is 18.2 Å². The number of rotatable bonds is 3. The van der Waals surface area contributed by atoms with E-state index in [4.69, 9.17) is 0 Å². The lowest BCUT2D eigenvalue weighted by Crippen LogP contribution is -2.38. The molecule has 5 heteroatoms. The summed E-state index contributed by atoms with van der Waals surface area (Å²) in [5.74, 6) is 0.116. The van der Waals surface area contributed by atoms with Crippen molar-refractivity contribution in [1.29, 1.82) is 0 Å². The Bertz CT molecular complexity index is 789. The number of aryl methyl sites for hydroxylation is 2. The Morgan fingerprint density at radius 2 is 1.77 bits per heavy atom. The molecule has 0 bridgehead atoms. The molecule has 0 atom stereocenters. The average molecular weight is 351 g/mol. The Kier molecular flexibility index (Phi) is 5.66. The third-order valence-electron chi connectivity index (χ3n) is 4.97. The molecule has 0 saturated carbocycles.